The number of sulfone groups is 1. The van der Waals surface area contributed by atoms with E-state index in [1.165, 1.54) is 11.8 Å². The molecule has 6 nitrogen and oxygen atoms in total. The van der Waals surface area contributed by atoms with E-state index < -0.39 is 9.84 Å². The Morgan fingerprint density at radius 2 is 1.80 bits per heavy atom. The van der Waals surface area contributed by atoms with Crippen molar-refractivity contribution in [2.45, 2.75) is 49.8 Å². The number of guanidine groups is 1. The van der Waals surface area contributed by atoms with Gasteiger partial charge >= 0.3 is 0 Å². The molecule has 2 N–H and O–H groups in total. The van der Waals surface area contributed by atoms with Crippen LogP contribution in [-0.2, 0) is 22.9 Å². The number of likely N-dealkylation sites (tertiary alicyclic amines) is 1. The molecule has 0 spiro atoms. The van der Waals surface area contributed by atoms with Gasteiger partial charge in [-0.05, 0) is 43.0 Å². The highest BCUT2D eigenvalue weighted by Crippen LogP contribution is 2.20. The lowest BCUT2D eigenvalue weighted by Crippen LogP contribution is -2.51. The van der Waals surface area contributed by atoms with Crippen molar-refractivity contribution in [1.29, 1.82) is 0 Å². The van der Waals surface area contributed by atoms with E-state index in [1.54, 1.807) is 19.2 Å². The molecule has 162 valence electrons. The van der Waals surface area contributed by atoms with Gasteiger partial charge in [-0.25, -0.2) is 8.42 Å². The Morgan fingerprint density at radius 1 is 1.10 bits per heavy atom. The van der Waals surface area contributed by atoms with Gasteiger partial charge in [0.2, 0.25) is 0 Å². The minimum Gasteiger partial charge on any atom is -0.354 e. The second-order valence-electron chi connectivity index (χ2n) is 8.01. The molecule has 0 aliphatic carbocycles. The summed E-state index contributed by atoms with van der Waals surface area (Å²) >= 11 is 0. The van der Waals surface area contributed by atoms with Crippen LogP contribution in [0.2, 0.25) is 0 Å². The molecule has 2 aromatic carbocycles. The van der Waals surface area contributed by atoms with Crippen LogP contribution in [0.5, 0.6) is 0 Å². The number of rotatable bonds is 6. The molecule has 2 atom stereocenters. The molecule has 0 aromatic heterocycles. The van der Waals surface area contributed by atoms with E-state index in [4.69, 9.17) is 0 Å². The van der Waals surface area contributed by atoms with Crippen LogP contribution in [0, 0.1) is 0 Å². The molecule has 0 radical (unpaired) electrons. The fourth-order valence-electron chi connectivity index (χ4n) is 3.83. The maximum Gasteiger partial charge on any atom is 0.191 e. The van der Waals surface area contributed by atoms with Crippen LogP contribution in [0.3, 0.4) is 0 Å². The van der Waals surface area contributed by atoms with E-state index in [9.17, 15) is 8.42 Å². The predicted octanol–water partition coefficient (Wildman–Crippen LogP) is 2.81. The summed E-state index contributed by atoms with van der Waals surface area (Å²) in [6, 6.07) is 18.5. The van der Waals surface area contributed by atoms with Gasteiger partial charge < -0.3 is 10.6 Å². The second-order valence-corrected chi connectivity index (χ2v) is 10.0. The number of hydrogen-bond acceptors (Lipinski definition) is 4. The summed E-state index contributed by atoms with van der Waals surface area (Å²) in [6.07, 6.45) is 3.36. The molecule has 2 aromatic rings. The van der Waals surface area contributed by atoms with Gasteiger partial charge in [-0.3, -0.25) is 9.89 Å². The van der Waals surface area contributed by atoms with Crippen molar-refractivity contribution in [1.82, 2.24) is 15.5 Å². The van der Waals surface area contributed by atoms with Crippen LogP contribution in [0.15, 0.2) is 64.5 Å². The fourth-order valence-corrected chi connectivity index (χ4v) is 4.46. The molecule has 30 heavy (non-hydrogen) atoms. The molecule has 0 bridgehead atoms. The van der Waals surface area contributed by atoms with Crippen LogP contribution < -0.4 is 10.6 Å². The zero-order valence-electron chi connectivity index (χ0n) is 18.0. The lowest BCUT2D eigenvalue weighted by molar-refractivity contribution is 0.134. The van der Waals surface area contributed by atoms with Gasteiger partial charge in [-0.15, -0.1) is 0 Å². The Morgan fingerprint density at radius 3 is 2.40 bits per heavy atom. The topological polar surface area (TPSA) is 73.8 Å². The molecule has 1 heterocycles. The number of aliphatic imine (C=N–C) groups is 1. The average molecular weight is 429 g/mol. The molecule has 1 aliphatic rings. The Bertz CT molecular complexity index is 943. The minimum absolute atomic E-state index is 0.338. The first-order valence-corrected chi connectivity index (χ1v) is 12.3. The van der Waals surface area contributed by atoms with E-state index in [0.717, 1.165) is 37.5 Å². The monoisotopic (exact) mass is 428 g/mol. The van der Waals surface area contributed by atoms with Crippen LogP contribution in [0.25, 0.3) is 0 Å². The normalized spacial score (nSPS) is 20.7. The van der Waals surface area contributed by atoms with E-state index in [0.29, 0.717) is 23.5 Å². The van der Waals surface area contributed by atoms with Crippen molar-refractivity contribution >= 4 is 15.8 Å². The smallest absolute Gasteiger partial charge is 0.191 e. The second kappa shape index (κ2) is 10.1. The molecule has 2 unspecified atom stereocenters. The Labute approximate surface area is 180 Å². The van der Waals surface area contributed by atoms with Crippen molar-refractivity contribution in [3.05, 3.63) is 65.7 Å². The Balaban J connectivity index is 1.48. The van der Waals surface area contributed by atoms with Gasteiger partial charge in [0.05, 0.1) is 4.90 Å². The predicted molar refractivity (Wildman–Crippen MR) is 122 cm³/mol. The van der Waals surface area contributed by atoms with Gasteiger partial charge in [-0.1, -0.05) is 42.5 Å². The SMILES string of the molecule is CN=C(NCc1ccc(S(C)(=O)=O)cc1)NC1CCN(Cc2ccccc2)C(C)C1. The standard InChI is InChI=1S/C23H32N4O2S/c1-18-15-21(13-14-27(18)17-20-7-5-4-6-8-20)26-23(24-2)25-16-19-9-11-22(12-10-19)30(3,28)29/h4-12,18,21H,13-17H2,1-3H3,(H2,24,25,26). The molecule has 0 amide bonds. The number of nitrogens with one attached hydrogen (secondary N) is 2. The Kier molecular flexibility index (Phi) is 7.50. The molecule has 1 aliphatic heterocycles. The van der Waals surface area contributed by atoms with Crippen molar-refractivity contribution in [2.24, 2.45) is 4.99 Å². The first kappa shape index (κ1) is 22.3. The molecular weight excluding hydrogens is 396 g/mol. The number of nitrogens with zero attached hydrogens (tertiary/aromatic N) is 2. The average Bonchev–Trinajstić information content (AvgIpc) is 2.73. The summed E-state index contributed by atoms with van der Waals surface area (Å²) in [5.41, 5.74) is 2.37. The fraction of sp³-hybridized carbons (Fsp3) is 0.435. The Hall–Kier alpha value is -2.38. The lowest BCUT2D eigenvalue weighted by Gasteiger charge is -2.38. The van der Waals surface area contributed by atoms with Crippen molar-refractivity contribution in [3.8, 4) is 0 Å². The van der Waals surface area contributed by atoms with E-state index in [-0.39, 0.29) is 0 Å². The quantitative estimate of drug-likeness (QED) is 0.547. The van der Waals surface area contributed by atoms with Crippen LogP contribution >= 0.6 is 0 Å². The summed E-state index contributed by atoms with van der Waals surface area (Å²) in [5.74, 6) is 0.774. The molecule has 3 rings (SSSR count). The van der Waals surface area contributed by atoms with Gasteiger partial charge in [0, 0.05) is 45.0 Å². The van der Waals surface area contributed by atoms with Crippen molar-refractivity contribution in [3.63, 3.8) is 0 Å². The van der Waals surface area contributed by atoms with Gasteiger partial charge in [-0.2, -0.15) is 0 Å². The zero-order chi connectivity index (χ0) is 21.6. The largest absolute Gasteiger partial charge is 0.354 e. The number of benzene rings is 2. The third kappa shape index (κ3) is 6.31. The maximum absolute atomic E-state index is 11.6. The summed E-state index contributed by atoms with van der Waals surface area (Å²) in [5, 5.41) is 6.88. The molecule has 0 saturated carbocycles. The van der Waals surface area contributed by atoms with Crippen molar-refractivity contribution in [2.75, 3.05) is 19.8 Å². The van der Waals surface area contributed by atoms with E-state index >= 15 is 0 Å². The van der Waals surface area contributed by atoms with Gasteiger partial charge in [0.1, 0.15) is 0 Å². The van der Waals surface area contributed by atoms with Crippen LogP contribution in [0.1, 0.15) is 30.9 Å². The number of piperidine rings is 1. The summed E-state index contributed by atoms with van der Waals surface area (Å²) in [7, 11) is -1.39. The van der Waals surface area contributed by atoms with E-state index in [1.807, 2.05) is 12.1 Å². The highest BCUT2D eigenvalue weighted by molar-refractivity contribution is 7.90. The van der Waals surface area contributed by atoms with E-state index in [2.05, 4.69) is 57.8 Å². The van der Waals surface area contributed by atoms with Crippen LogP contribution in [-0.4, -0.2) is 51.2 Å². The molecule has 7 heteroatoms. The summed E-state index contributed by atoms with van der Waals surface area (Å²) < 4.78 is 23.2. The minimum atomic E-state index is -3.17. The number of hydrogen-bond donors (Lipinski definition) is 2. The van der Waals surface area contributed by atoms with Crippen LogP contribution in [0.4, 0.5) is 0 Å². The first-order chi connectivity index (χ1) is 14.3. The lowest BCUT2D eigenvalue weighted by atomic mass is 9.97. The highest BCUT2D eigenvalue weighted by Gasteiger charge is 2.25. The van der Waals surface area contributed by atoms with Gasteiger partial charge in [0.25, 0.3) is 0 Å². The molecule has 1 fully saturated rings. The highest BCUT2D eigenvalue weighted by atomic mass is 32.2. The summed E-state index contributed by atoms with van der Waals surface area (Å²) in [4.78, 5) is 7.22. The van der Waals surface area contributed by atoms with Gasteiger partial charge in [0.15, 0.2) is 15.8 Å². The maximum atomic E-state index is 11.6. The third-order valence-electron chi connectivity index (χ3n) is 5.62. The third-order valence-corrected chi connectivity index (χ3v) is 6.75. The summed E-state index contributed by atoms with van der Waals surface area (Å²) in [6.45, 7) is 4.92. The molecule has 1 saturated heterocycles. The first-order valence-electron chi connectivity index (χ1n) is 10.4. The molecular formula is C23H32N4O2S. The van der Waals surface area contributed by atoms with Crippen molar-refractivity contribution < 1.29 is 8.42 Å². The zero-order valence-corrected chi connectivity index (χ0v) is 18.8.